The van der Waals surface area contributed by atoms with E-state index in [0.29, 0.717) is 5.78 Å². The first kappa shape index (κ1) is 12.2. The van der Waals surface area contributed by atoms with Crippen LogP contribution in [0.2, 0.25) is 0 Å². The highest BCUT2D eigenvalue weighted by molar-refractivity contribution is 5.85. The first-order valence-electron chi connectivity index (χ1n) is 9.23. The van der Waals surface area contributed by atoms with Crippen molar-refractivity contribution in [1.29, 1.82) is 0 Å². The van der Waals surface area contributed by atoms with Gasteiger partial charge in [0.05, 0.1) is 0 Å². The molecule has 6 bridgehead atoms. The van der Waals surface area contributed by atoms with Gasteiger partial charge in [0, 0.05) is 11.8 Å². The van der Waals surface area contributed by atoms with Crippen LogP contribution in [0.1, 0.15) is 70.6 Å². The number of Topliss-reactive ketones (excluding diaryl/α,β-unsaturated/α-hetero) is 1. The monoisotopic (exact) mass is 272 g/mol. The highest BCUT2D eigenvalue weighted by Gasteiger charge is 2.55. The number of hydrogen-bond acceptors (Lipinski definition) is 1. The second-order valence-corrected chi connectivity index (χ2v) is 9.26. The van der Waals surface area contributed by atoms with Gasteiger partial charge >= 0.3 is 0 Å². The number of carbonyl (C=O) groups excluding carboxylic acids is 1. The van der Waals surface area contributed by atoms with Gasteiger partial charge in [-0.15, -0.1) is 0 Å². The Bertz CT molecular complexity index is 402. The molecule has 110 valence electrons. The zero-order valence-electron chi connectivity index (χ0n) is 12.7. The van der Waals surface area contributed by atoms with Gasteiger partial charge in [-0.1, -0.05) is 6.42 Å². The van der Waals surface area contributed by atoms with Gasteiger partial charge in [-0.2, -0.15) is 0 Å². The van der Waals surface area contributed by atoms with Gasteiger partial charge in [0.2, 0.25) is 0 Å². The van der Waals surface area contributed by atoms with Gasteiger partial charge in [0.25, 0.3) is 0 Å². The van der Waals surface area contributed by atoms with Crippen molar-refractivity contribution >= 4 is 5.78 Å². The molecule has 0 N–H and O–H groups in total. The van der Waals surface area contributed by atoms with Crippen LogP contribution in [0.4, 0.5) is 0 Å². The molecular formula is C19H28O. The second kappa shape index (κ2) is 4.11. The molecule has 0 heterocycles. The van der Waals surface area contributed by atoms with Gasteiger partial charge in [0.15, 0.2) is 0 Å². The van der Waals surface area contributed by atoms with Crippen molar-refractivity contribution in [2.45, 2.75) is 70.6 Å². The highest BCUT2D eigenvalue weighted by Crippen LogP contribution is 2.61. The smallest absolute Gasteiger partial charge is 0.139 e. The van der Waals surface area contributed by atoms with Crippen LogP contribution in [0.5, 0.6) is 0 Å². The third kappa shape index (κ3) is 1.70. The minimum absolute atomic E-state index is 0.177. The van der Waals surface area contributed by atoms with E-state index in [-0.39, 0.29) is 5.41 Å². The van der Waals surface area contributed by atoms with Crippen molar-refractivity contribution in [3.8, 4) is 0 Å². The first-order chi connectivity index (χ1) is 9.70. The van der Waals surface area contributed by atoms with Crippen LogP contribution in [0, 0.1) is 40.9 Å². The summed E-state index contributed by atoms with van der Waals surface area (Å²) in [7, 11) is 0. The minimum atomic E-state index is 0.177. The predicted octanol–water partition coefficient (Wildman–Crippen LogP) is 4.60. The average molecular weight is 272 g/mol. The van der Waals surface area contributed by atoms with Crippen molar-refractivity contribution < 1.29 is 4.79 Å². The lowest BCUT2D eigenvalue weighted by Gasteiger charge is -2.56. The summed E-state index contributed by atoms with van der Waals surface area (Å²) in [6.45, 7) is 0. The van der Waals surface area contributed by atoms with E-state index in [2.05, 4.69) is 0 Å². The molecule has 0 spiro atoms. The van der Waals surface area contributed by atoms with E-state index in [9.17, 15) is 4.79 Å². The van der Waals surface area contributed by atoms with E-state index in [1.807, 2.05) is 0 Å². The Morgan fingerprint density at radius 2 is 1.45 bits per heavy atom. The number of carbonyl (C=O) groups is 1. The molecule has 0 aromatic heterocycles. The lowest BCUT2D eigenvalue weighted by molar-refractivity contribution is -0.145. The standard InChI is InChI=1S/C19H28O/c20-18(8-17-7-12-1-2-16(17)6-12)19-9-13-3-14(10-19)5-15(4-13)11-19/h12-17H,1-11H2. The quantitative estimate of drug-likeness (QED) is 0.734. The van der Waals surface area contributed by atoms with Crippen LogP contribution < -0.4 is 0 Å². The van der Waals surface area contributed by atoms with E-state index in [4.69, 9.17) is 0 Å². The van der Waals surface area contributed by atoms with Crippen LogP contribution in [0.15, 0.2) is 0 Å². The molecule has 0 amide bonds. The van der Waals surface area contributed by atoms with Gasteiger partial charge in [-0.25, -0.2) is 0 Å². The van der Waals surface area contributed by atoms with E-state index >= 15 is 0 Å². The summed E-state index contributed by atoms with van der Waals surface area (Å²) in [5, 5.41) is 0. The molecule has 3 unspecified atom stereocenters. The van der Waals surface area contributed by atoms with E-state index < -0.39 is 0 Å². The zero-order valence-corrected chi connectivity index (χ0v) is 12.7. The molecule has 0 aromatic rings. The fourth-order valence-corrected chi connectivity index (χ4v) is 7.53. The lowest BCUT2D eigenvalue weighted by Crippen LogP contribution is -2.50. The number of fused-ring (bicyclic) bond motifs is 2. The Kier molecular flexibility index (Phi) is 2.51. The minimum Gasteiger partial charge on any atom is -0.299 e. The Labute approximate surface area is 122 Å². The Morgan fingerprint density at radius 3 is 1.95 bits per heavy atom. The maximum atomic E-state index is 13.1. The van der Waals surface area contributed by atoms with Crippen molar-refractivity contribution in [2.75, 3.05) is 0 Å². The fourth-order valence-electron chi connectivity index (χ4n) is 7.53. The van der Waals surface area contributed by atoms with Crippen LogP contribution in [-0.4, -0.2) is 5.78 Å². The van der Waals surface area contributed by atoms with E-state index in [1.54, 1.807) is 0 Å². The normalized spacial score (nSPS) is 55.6. The summed E-state index contributed by atoms with van der Waals surface area (Å²) < 4.78 is 0. The molecule has 1 heteroatoms. The highest BCUT2D eigenvalue weighted by atomic mass is 16.1. The summed E-state index contributed by atoms with van der Waals surface area (Å²) in [6.07, 6.45) is 14.9. The average Bonchev–Trinajstić information content (AvgIpc) is 2.99. The third-order valence-electron chi connectivity index (χ3n) is 7.96. The summed E-state index contributed by atoms with van der Waals surface area (Å²) in [5.74, 6) is 6.19. The number of rotatable bonds is 3. The second-order valence-electron chi connectivity index (χ2n) is 9.26. The molecule has 0 saturated heterocycles. The lowest BCUT2D eigenvalue weighted by atomic mass is 9.48. The van der Waals surface area contributed by atoms with Crippen molar-refractivity contribution in [1.82, 2.24) is 0 Å². The summed E-state index contributed by atoms with van der Waals surface area (Å²) >= 11 is 0. The maximum Gasteiger partial charge on any atom is 0.139 e. The number of hydrogen-bond donors (Lipinski definition) is 0. The Morgan fingerprint density at radius 1 is 0.800 bits per heavy atom. The van der Waals surface area contributed by atoms with Gasteiger partial charge < -0.3 is 0 Å². The first-order valence-corrected chi connectivity index (χ1v) is 9.23. The molecule has 20 heavy (non-hydrogen) atoms. The van der Waals surface area contributed by atoms with E-state index in [0.717, 1.165) is 41.9 Å². The molecule has 6 aliphatic rings. The van der Waals surface area contributed by atoms with Crippen LogP contribution >= 0.6 is 0 Å². The third-order valence-corrected chi connectivity index (χ3v) is 7.96. The molecule has 3 atom stereocenters. The van der Waals surface area contributed by atoms with Crippen LogP contribution in [0.25, 0.3) is 0 Å². The molecule has 0 aromatic carbocycles. The van der Waals surface area contributed by atoms with Gasteiger partial charge in [-0.3, -0.25) is 4.79 Å². The predicted molar refractivity (Wildman–Crippen MR) is 79.2 cm³/mol. The van der Waals surface area contributed by atoms with Crippen molar-refractivity contribution in [3.05, 3.63) is 0 Å². The fraction of sp³-hybridized carbons (Fsp3) is 0.947. The molecular weight excluding hydrogens is 244 g/mol. The Hall–Kier alpha value is -0.330. The summed E-state index contributed by atoms with van der Waals surface area (Å²) in [4.78, 5) is 13.1. The summed E-state index contributed by atoms with van der Waals surface area (Å²) in [6, 6.07) is 0. The van der Waals surface area contributed by atoms with Crippen molar-refractivity contribution in [3.63, 3.8) is 0 Å². The molecule has 0 radical (unpaired) electrons. The van der Waals surface area contributed by atoms with Crippen LogP contribution in [0.3, 0.4) is 0 Å². The topological polar surface area (TPSA) is 17.1 Å². The van der Waals surface area contributed by atoms with Crippen molar-refractivity contribution in [2.24, 2.45) is 40.9 Å². The number of ketones is 1. The molecule has 6 aliphatic carbocycles. The largest absolute Gasteiger partial charge is 0.299 e. The summed E-state index contributed by atoms with van der Waals surface area (Å²) in [5.41, 5.74) is 0.177. The molecule has 0 aliphatic heterocycles. The molecule has 6 saturated carbocycles. The van der Waals surface area contributed by atoms with E-state index in [1.165, 1.54) is 64.2 Å². The Balaban J connectivity index is 1.33. The van der Waals surface area contributed by atoms with Crippen LogP contribution in [-0.2, 0) is 4.79 Å². The van der Waals surface area contributed by atoms with Gasteiger partial charge in [0.1, 0.15) is 5.78 Å². The SMILES string of the molecule is O=C(CC1CC2CCC1C2)C12CC3CC(CC(C3)C1)C2. The van der Waals surface area contributed by atoms with Gasteiger partial charge in [-0.05, 0) is 93.3 Å². The molecule has 6 fully saturated rings. The molecule has 6 rings (SSSR count). The maximum absolute atomic E-state index is 13.1. The zero-order chi connectivity index (χ0) is 13.3. The molecule has 1 nitrogen and oxygen atoms in total.